The molecule has 1 heterocycles. The number of amides is 1. The van der Waals surface area contributed by atoms with Crippen LogP contribution < -0.4 is 14.8 Å². The van der Waals surface area contributed by atoms with Gasteiger partial charge in [-0.25, -0.2) is 0 Å². The average Bonchev–Trinajstić information content (AvgIpc) is 3.28. The van der Waals surface area contributed by atoms with Crippen LogP contribution in [0.2, 0.25) is 0 Å². The highest BCUT2D eigenvalue weighted by Crippen LogP contribution is 2.31. The quantitative estimate of drug-likeness (QED) is 0.414. The van der Waals surface area contributed by atoms with Crippen molar-refractivity contribution in [3.8, 4) is 34.3 Å². The molecule has 0 fully saturated rings. The number of carbonyl (C=O) groups excluding carboxylic acids is 1. The molecule has 1 atom stereocenters. The summed E-state index contributed by atoms with van der Waals surface area (Å²) in [5, 5.41) is 25.3. The molecule has 2 aromatic carbocycles. The number of ether oxygens (including phenoxy) is 2. The van der Waals surface area contributed by atoms with Crippen LogP contribution in [-0.2, 0) is 4.79 Å². The first-order chi connectivity index (χ1) is 16.2. The third-order valence-electron chi connectivity index (χ3n) is 5.04. The molecule has 0 unspecified atom stereocenters. The van der Waals surface area contributed by atoms with Gasteiger partial charge < -0.3 is 29.5 Å². The van der Waals surface area contributed by atoms with Crippen molar-refractivity contribution in [2.75, 3.05) is 19.8 Å². The second-order valence-electron chi connectivity index (χ2n) is 8.44. The van der Waals surface area contributed by atoms with Crippen molar-refractivity contribution >= 4 is 5.91 Å². The van der Waals surface area contributed by atoms with Gasteiger partial charge in [-0.1, -0.05) is 11.2 Å². The van der Waals surface area contributed by atoms with Gasteiger partial charge in [-0.3, -0.25) is 4.79 Å². The fourth-order valence-corrected chi connectivity index (χ4v) is 3.41. The normalized spacial score (nSPS) is 12.0. The number of aromatic nitrogens is 2. The van der Waals surface area contributed by atoms with Crippen molar-refractivity contribution < 1.29 is 29.0 Å². The average molecular weight is 470 g/mol. The molecule has 3 rings (SSSR count). The Morgan fingerprint density at radius 2 is 1.79 bits per heavy atom. The summed E-state index contributed by atoms with van der Waals surface area (Å²) in [7, 11) is 0. The minimum absolute atomic E-state index is 0.00665. The van der Waals surface area contributed by atoms with E-state index in [4.69, 9.17) is 19.1 Å². The molecular weight excluding hydrogens is 438 g/mol. The Labute approximate surface area is 198 Å². The predicted octanol–water partition coefficient (Wildman–Crippen LogP) is 2.96. The predicted molar refractivity (Wildman–Crippen MR) is 127 cm³/mol. The van der Waals surface area contributed by atoms with Crippen LogP contribution in [0, 0.1) is 20.8 Å². The van der Waals surface area contributed by atoms with Crippen LogP contribution in [0.5, 0.6) is 11.5 Å². The maximum Gasteiger partial charge on any atom is 0.258 e. The third kappa shape index (κ3) is 6.33. The van der Waals surface area contributed by atoms with E-state index in [1.54, 1.807) is 0 Å². The highest BCUT2D eigenvalue weighted by molar-refractivity contribution is 5.76. The number of aliphatic hydroxyl groups is 2. The van der Waals surface area contributed by atoms with E-state index >= 15 is 0 Å². The Kier molecular flexibility index (Phi) is 8.25. The highest BCUT2D eigenvalue weighted by atomic mass is 16.5. The van der Waals surface area contributed by atoms with Crippen molar-refractivity contribution in [2.24, 2.45) is 0 Å². The molecule has 0 saturated carbocycles. The van der Waals surface area contributed by atoms with Gasteiger partial charge in [-0.15, -0.1) is 0 Å². The van der Waals surface area contributed by atoms with E-state index in [0.29, 0.717) is 17.5 Å². The fraction of sp³-hybridized carbons (Fsp3) is 0.400. The summed E-state index contributed by atoms with van der Waals surface area (Å²) in [6.45, 7) is 9.08. The molecule has 0 aliphatic heterocycles. The van der Waals surface area contributed by atoms with E-state index in [1.807, 2.05) is 65.0 Å². The van der Waals surface area contributed by atoms with Crippen LogP contribution >= 0.6 is 0 Å². The molecule has 0 bridgehead atoms. The molecule has 182 valence electrons. The van der Waals surface area contributed by atoms with Crippen LogP contribution in [-0.4, -0.2) is 58.2 Å². The van der Waals surface area contributed by atoms with E-state index in [9.17, 15) is 9.90 Å². The summed E-state index contributed by atoms with van der Waals surface area (Å²) in [5.74, 6) is 1.70. The molecule has 0 saturated heterocycles. The largest absolute Gasteiger partial charge is 0.491 e. The Hall–Kier alpha value is -3.43. The monoisotopic (exact) mass is 469 g/mol. The first-order valence-electron chi connectivity index (χ1n) is 11.1. The smallest absolute Gasteiger partial charge is 0.258 e. The molecule has 1 amide bonds. The van der Waals surface area contributed by atoms with Gasteiger partial charge in [0.1, 0.15) is 30.8 Å². The third-order valence-corrected chi connectivity index (χ3v) is 5.04. The lowest BCUT2D eigenvalue weighted by atomic mass is 10.1. The molecule has 9 nitrogen and oxygen atoms in total. The van der Waals surface area contributed by atoms with Gasteiger partial charge in [0.05, 0.1) is 6.10 Å². The topological polar surface area (TPSA) is 127 Å². The van der Waals surface area contributed by atoms with E-state index < -0.39 is 18.6 Å². The molecule has 1 aromatic heterocycles. The van der Waals surface area contributed by atoms with Gasteiger partial charge >= 0.3 is 0 Å². The highest BCUT2D eigenvalue weighted by Gasteiger charge is 2.16. The fourth-order valence-electron chi connectivity index (χ4n) is 3.41. The lowest BCUT2D eigenvalue weighted by molar-refractivity contribution is -0.124. The summed E-state index contributed by atoms with van der Waals surface area (Å²) in [6.07, 6.45) is -0.855. The molecule has 0 aliphatic carbocycles. The van der Waals surface area contributed by atoms with Crippen molar-refractivity contribution in [3.63, 3.8) is 0 Å². The molecule has 3 aromatic rings. The second kappa shape index (κ2) is 11.1. The van der Waals surface area contributed by atoms with Crippen LogP contribution in [0.25, 0.3) is 22.8 Å². The summed E-state index contributed by atoms with van der Waals surface area (Å²) in [5.41, 5.74) is 4.27. The van der Waals surface area contributed by atoms with Crippen molar-refractivity contribution in [3.05, 3.63) is 47.0 Å². The summed E-state index contributed by atoms with van der Waals surface area (Å²) in [4.78, 5) is 15.7. The van der Waals surface area contributed by atoms with E-state index in [0.717, 1.165) is 33.6 Å². The van der Waals surface area contributed by atoms with Gasteiger partial charge in [0.15, 0.2) is 0 Å². The number of nitrogens with one attached hydrogen (secondary N) is 1. The number of carbonyl (C=O) groups is 1. The number of benzene rings is 2. The molecule has 9 heteroatoms. The number of aliphatic hydroxyl groups excluding tert-OH is 2. The Morgan fingerprint density at radius 1 is 1.09 bits per heavy atom. The zero-order valence-electron chi connectivity index (χ0n) is 20.1. The molecular formula is C25H31N3O6. The molecule has 0 aliphatic rings. The lowest BCUT2D eigenvalue weighted by Gasteiger charge is -2.16. The number of rotatable bonds is 10. The summed E-state index contributed by atoms with van der Waals surface area (Å²) in [6, 6.07) is 9.55. The van der Waals surface area contributed by atoms with Crippen LogP contribution in [0.3, 0.4) is 0 Å². The van der Waals surface area contributed by atoms with Crippen molar-refractivity contribution in [1.29, 1.82) is 0 Å². The van der Waals surface area contributed by atoms with E-state index in [-0.39, 0.29) is 19.3 Å². The van der Waals surface area contributed by atoms with Crippen molar-refractivity contribution in [1.82, 2.24) is 15.5 Å². The van der Waals surface area contributed by atoms with Crippen LogP contribution in [0.4, 0.5) is 0 Å². The minimum Gasteiger partial charge on any atom is -0.491 e. The summed E-state index contributed by atoms with van der Waals surface area (Å²) < 4.78 is 17.2. The van der Waals surface area contributed by atoms with Gasteiger partial charge in [0.2, 0.25) is 11.7 Å². The molecule has 0 spiro atoms. The maximum absolute atomic E-state index is 11.1. The SMILES string of the molecule is Cc1ccc(-c2nc(-c3cc(C)c(OC[C@@H](O)CNC(=O)CO)c(C)c3)no2)cc1OC(C)C. The number of nitrogens with zero attached hydrogens (tertiary/aromatic N) is 2. The Balaban J connectivity index is 1.74. The molecule has 34 heavy (non-hydrogen) atoms. The summed E-state index contributed by atoms with van der Waals surface area (Å²) >= 11 is 0. The van der Waals surface area contributed by atoms with Gasteiger partial charge in [-0.2, -0.15) is 4.98 Å². The van der Waals surface area contributed by atoms with Crippen LogP contribution in [0.1, 0.15) is 30.5 Å². The number of hydrogen-bond donors (Lipinski definition) is 3. The van der Waals surface area contributed by atoms with Gasteiger partial charge in [-0.05, 0) is 75.6 Å². The van der Waals surface area contributed by atoms with Gasteiger partial charge in [0, 0.05) is 17.7 Å². The van der Waals surface area contributed by atoms with Crippen LogP contribution in [0.15, 0.2) is 34.9 Å². The molecule has 0 radical (unpaired) electrons. The molecule has 3 N–H and O–H groups in total. The second-order valence-corrected chi connectivity index (χ2v) is 8.44. The Bertz CT molecular complexity index is 1120. The zero-order chi connectivity index (χ0) is 24.8. The van der Waals surface area contributed by atoms with Crippen molar-refractivity contribution in [2.45, 2.75) is 46.8 Å². The van der Waals surface area contributed by atoms with Gasteiger partial charge in [0.25, 0.3) is 5.89 Å². The minimum atomic E-state index is -0.909. The van der Waals surface area contributed by atoms with E-state index in [2.05, 4.69) is 15.5 Å². The first kappa shape index (κ1) is 25.2. The number of aryl methyl sites for hydroxylation is 3. The zero-order valence-corrected chi connectivity index (χ0v) is 20.1. The first-order valence-corrected chi connectivity index (χ1v) is 11.1. The van der Waals surface area contributed by atoms with E-state index in [1.165, 1.54) is 0 Å². The lowest BCUT2D eigenvalue weighted by Crippen LogP contribution is -2.36. The number of hydrogen-bond acceptors (Lipinski definition) is 8. The maximum atomic E-state index is 11.1. The Morgan fingerprint density at radius 3 is 2.44 bits per heavy atom. The standard InChI is InChI=1S/C25H31N3O6/c1-14(2)33-21-10-18(7-6-15(21)3)25-27-24(28-34-25)19-8-16(4)23(17(5)9-19)32-13-20(30)11-26-22(31)12-29/h6-10,14,20,29-30H,11-13H2,1-5H3,(H,26,31)/t20-/m0/s1.